The first kappa shape index (κ1) is 22.0. The highest BCUT2D eigenvalue weighted by molar-refractivity contribution is 5.92. The molecule has 0 aromatic rings. The second-order valence-electron chi connectivity index (χ2n) is 11.2. The molecular weight excluding hydrogens is 372 g/mol. The van der Waals surface area contributed by atoms with Crippen LogP contribution in [0.5, 0.6) is 0 Å². The zero-order valence-electron chi connectivity index (χ0n) is 19.1. The van der Waals surface area contributed by atoms with E-state index in [1.54, 1.807) is 11.6 Å². The number of aliphatic hydroxyl groups is 2. The molecule has 6 atom stereocenters. The lowest BCUT2D eigenvalue weighted by Crippen LogP contribution is -2.59. The van der Waals surface area contributed by atoms with E-state index in [4.69, 9.17) is 0 Å². The van der Waals surface area contributed by atoms with E-state index in [1.165, 1.54) is 37.7 Å². The van der Waals surface area contributed by atoms with E-state index in [9.17, 15) is 15.0 Å². The van der Waals surface area contributed by atoms with Crippen LogP contribution >= 0.6 is 0 Å². The summed E-state index contributed by atoms with van der Waals surface area (Å²) in [6, 6.07) is 0. The fourth-order valence-corrected chi connectivity index (χ4v) is 7.52. The molecule has 5 aliphatic rings. The second-order valence-corrected chi connectivity index (χ2v) is 11.2. The van der Waals surface area contributed by atoms with E-state index in [-0.39, 0.29) is 16.6 Å². The molecule has 3 nitrogen and oxygen atoms in total. The summed E-state index contributed by atoms with van der Waals surface area (Å²) in [4.78, 5) is 10.5. The molecule has 30 heavy (non-hydrogen) atoms. The van der Waals surface area contributed by atoms with E-state index in [1.807, 2.05) is 19.1 Å². The maximum atomic E-state index is 11.6. The molecule has 5 rings (SSSR count). The van der Waals surface area contributed by atoms with Gasteiger partial charge in [-0.25, -0.2) is 0 Å². The summed E-state index contributed by atoms with van der Waals surface area (Å²) in [5.41, 5.74) is 2.84. The molecule has 166 valence electrons. The normalized spacial score (nSPS) is 44.7. The third-order valence-corrected chi connectivity index (χ3v) is 9.58. The van der Waals surface area contributed by atoms with Crippen molar-refractivity contribution in [1.82, 2.24) is 0 Å². The van der Waals surface area contributed by atoms with Crippen LogP contribution in [0.4, 0.5) is 0 Å². The topological polar surface area (TPSA) is 57.5 Å². The summed E-state index contributed by atoms with van der Waals surface area (Å²) in [5.74, 6) is 1.74. The number of allylic oxidation sites excluding steroid dienone is 5. The van der Waals surface area contributed by atoms with E-state index in [2.05, 4.69) is 19.9 Å². The van der Waals surface area contributed by atoms with Crippen molar-refractivity contribution in [2.24, 2.45) is 28.6 Å². The second kappa shape index (κ2) is 8.06. The number of carbonyl (C=O) groups excluding carboxylic acids is 1. The molecule has 3 fully saturated rings. The summed E-state index contributed by atoms with van der Waals surface area (Å²) >= 11 is 0. The van der Waals surface area contributed by atoms with Gasteiger partial charge in [0.2, 0.25) is 0 Å². The Morgan fingerprint density at radius 2 is 1.83 bits per heavy atom. The molecule has 0 amide bonds. The van der Waals surface area contributed by atoms with Gasteiger partial charge in [-0.3, -0.25) is 4.79 Å². The van der Waals surface area contributed by atoms with Gasteiger partial charge in [-0.15, -0.1) is 0 Å². The molecule has 5 aliphatic carbocycles. The van der Waals surface area contributed by atoms with Crippen molar-refractivity contribution < 1.29 is 15.0 Å². The van der Waals surface area contributed by atoms with Crippen LogP contribution in [-0.4, -0.2) is 28.2 Å². The third kappa shape index (κ3) is 3.56. The van der Waals surface area contributed by atoms with Crippen molar-refractivity contribution in [2.75, 3.05) is 6.61 Å². The Hall–Kier alpha value is -1.19. The Morgan fingerprint density at radius 1 is 1.03 bits per heavy atom. The summed E-state index contributed by atoms with van der Waals surface area (Å²) < 4.78 is 0. The molecular formula is C27H40O3. The largest absolute Gasteiger partial charge is 0.396 e. The van der Waals surface area contributed by atoms with Gasteiger partial charge in [-0.05, 0) is 93.5 Å². The summed E-state index contributed by atoms with van der Waals surface area (Å²) in [7, 11) is 0. The number of rotatable bonds is 1. The molecule has 0 saturated heterocycles. The van der Waals surface area contributed by atoms with Crippen LogP contribution in [0.15, 0.2) is 35.5 Å². The quantitative estimate of drug-likeness (QED) is 0.557. The van der Waals surface area contributed by atoms with Crippen LogP contribution < -0.4 is 0 Å². The van der Waals surface area contributed by atoms with Gasteiger partial charge in [0, 0.05) is 18.9 Å². The lowest BCUT2D eigenvalue weighted by Gasteiger charge is -2.61. The standard InChI is InChI=1S/C20H32O2.C7H8O/c1-18-8-3-9-20(18,22)17-5-4-15-12-14(13-21)6-11-19(15,2)16(17)7-10-18;1-6-2-4-7(8)5-3-6/h12,14,16-17,21-22H,3-11,13H2,1-2H3;2-4H,5H2,1H3. The number of ketones is 1. The van der Waals surface area contributed by atoms with Gasteiger partial charge in [-0.1, -0.05) is 43.2 Å². The molecule has 0 bridgehead atoms. The van der Waals surface area contributed by atoms with Crippen LogP contribution in [0.25, 0.3) is 0 Å². The molecule has 0 spiro atoms. The van der Waals surface area contributed by atoms with E-state index < -0.39 is 5.60 Å². The number of hydrogen-bond acceptors (Lipinski definition) is 3. The molecule has 0 heterocycles. The Kier molecular flexibility index (Phi) is 5.91. The molecule has 3 heteroatoms. The molecule has 0 radical (unpaired) electrons. The third-order valence-electron chi connectivity index (χ3n) is 9.58. The Morgan fingerprint density at radius 3 is 2.50 bits per heavy atom. The molecule has 3 saturated carbocycles. The van der Waals surface area contributed by atoms with Gasteiger partial charge in [0.15, 0.2) is 5.78 Å². The maximum absolute atomic E-state index is 11.6. The van der Waals surface area contributed by atoms with Crippen LogP contribution in [0.3, 0.4) is 0 Å². The summed E-state index contributed by atoms with van der Waals surface area (Å²) in [5, 5.41) is 21.1. The van der Waals surface area contributed by atoms with Crippen LogP contribution in [0.1, 0.15) is 85.0 Å². The predicted molar refractivity (Wildman–Crippen MR) is 121 cm³/mol. The zero-order valence-corrected chi connectivity index (χ0v) is 19.1. The highest BCUT2D eigenvalue weighted by Gasteiger charge is 2.63. The van der Waals surface area contributed by atoms with Crippen molar-refractivity contribution in [3.63, 3.8) is 0 Å². The van der Waals surface area contributed by atoms with E-state index >= 15 is 0 Å². The fraction of sp³-hybridized carbons (Fsp3) is 0.741. The van der Waals surface area contributed by atoms with Gasteiger partial charge < -0.3 is 10.2 Å². The van der Waals surface area contributed by atoms with Crippen molar-refractivity contribution in [2.45, 2.75) is 90.6 Å². The number of carbonyl (C=O) groups is 1. The maximum Gasteiger partial charge on any atom is 0.159 e. The SMILES string of the molecule is CC12CCC(CO)C=C1CCC1C2CCC2(C)CCCC12O.CC1=CCC(=O)C=C1. The minimum Gasteiger partial charge on any atom is -0.396 e. The predicted octanol–water partition coefficient (Wildman–Crippen LogP) is 5.52. The van der Waals surface area contributed by atoms with E-state index in [0.29, 0.717) is 30.8 Å². The fourth-order valence-electron chi connectivity index (χ4n) is 7.52. The van der Waals surface area contributed by atoms with Gasteiger partial charge in [0.1, 0.15) is 0 Å². The minimum absolute atomic E-state index is 0.175. The summed E-state index contributed by atoms with van der Waals surface area (Å²) in [6.07, 6.45) is 19.0. The highest BCUT2D eigenvalue weighted by atomic mass is 16.3. The first-order valence-electron chi connectivity index (χ1n) is 12.1. The van der Waals surface area contributed by atoms with Crippen LogP contribution in [0, 0.1) is 28.6 Å². The average Bonchev–Trinajstić information content (AvgIpc) is 3.05. The molecule has 0 aromatic carbocycles. The highest BCUT2D eigenvalue weighted by Crippen LogP contribution is 2.67. The lowest BCUT2D eigenvalue weighted by atomic mass is 9.46. The number of aliphatic hydroxyl groups excluding tert-OH is 1. The first-order valence-corrected chi connectivity index (χ1v) is 12.1. The van der Waals surface area contributed by atoms with E-state index in [0.717, 1.165) is 25.7 Å². The first-order chi connectivity index (χ1) is 14.2. The zero-order chi connectivity index (χ0) is 21.6. The number of fused-ring (bicyclic) bond motifs is 5. The molecule has 0 aromatic heterocycles. The van der Waals surface area contributed by atoms with Gasteiger partial charge in [-0.2, -0.15) is 0 Å². The van der Waals surface area contributed by atoms with Crippen molar-refractivity contribution in [1.29, 1.82) is 0 Å². The lowest BCUT2D eigenvalue weighted by molar-refractivity contribution is -0.173. The smallest absolute Gasteiger partial charge is 0.159 e. The van der Waals surface area contributed by atoms with Crippen molar-refractivity contribution >= 4 is 5.78 Å². The van der Waals surface area contributed by atoms with Crippen molar-refractivity contribution in [3.05, 3.63) is 35.5 Å². The van der Waals surface area contributed by atoms with Crippen LogP contribution in [-0.2, 0) is 4.79 Å². The summed E-state index contributed by atoms with van der Waals surface area (Å²) in [6.45, 7) is 7.11. The Balaban J connectivity index is 0.000000230. The van der Waals surface area contributed by atoms with Gasteiger partial charge in [0.25, 0.3) is 0 Å². The van der Waals surface area contributed by atoms with Gasteiger partial charge in [0.05, 0.1) is 5.60 Å². The Labute approximate surface area is 182 Å². The molecule has 6 unspecified atom stereocenters. The Bertz CT molecular complexity index is 774. The van der Waals surface area contributed by atoms with Gasteiger partial charge >= 0.3 is 0 Å². The van der Waals surface area contributed by atoms with Crippen LogP contribution in [0.2, 0.25) is 0 Å². The minimum atomic E-state index is -0.404. The number of hydrogen-bond donors (Lipinski definition) is 2. The molecule has 0 aliphatic heterocycles. The van der Waals surface area contributed by atoms with Crippen molar-refractivity contribution in [3.8, 4) is 0 Å². The monoisotopic (exact) mass is 412 g/mol. The molecule has 2 N–H and O–H groups in total. The average molecular weight is 413 g/mol.